The van der Waals surface area contributed by atoms with E-state index in [2.05, 4.69) is 52.5 Å². The lowest BCUT2D eigenvalue weighted by atomic mass is 10.0. The molecule has 340 valence electrons. The fourth-order valence-corrected chi connectivity index (χ4v) is 5.19. The zero-order valence-corrected chi connectivity index (χ0v) is 35.0. The third kappa shape index (κ3) is 19.3. The maximum absolute atomic E-state index is 13.5. The van der Waals surface area contributed by atoms with Crippen molar-refractivity contribution in [2.24, 2.45) is 17.4 Å². The molecular formula is C36H58N12O13. The molecule has 0 unspecified atom stereocenters. The minimum atomic E-state index is -1.84. The van der Waals surface area contributed by atoms with E-state index in [1.54, 1.807) is 13.8 Å². The fourth-order valence-electron chi connectivity index (χ4n) is 5.19. The predicted molar refractivity (Wildman–Crippen MR) is 212 cm³/mol. The highest BCUT2D eigenvalue weighted by Gasteiger charge is 2.33. The average Bonchev–Trinajstić information content (AvgIpc) is 3.67. The number of amides is 9. The second kappa shape index (κ2) is 25.1. The molecular weight excluding hydrogens is 808 g/mol. The number of nitrogens with zero attached hydrogens (tertiary/aromatic N) is 1. The Morgan fingerprint density at radius 3 is 1.43 bits per heavy atom. The van der Waals surface area contributed by atoms with Gasteiger partial charge in [-0.05, 0) is 53.4 Å². The number of aromatic nitrogens is 2. The van der Waals surface area contributed by atoms with Crippen LogP contribution < -0.4 is 54.0 Å². The van der Waals surface area contributed by atoms with Gasteiger partial charge in [0.1, 0.15) is 48.3 Å². The zero-order valence-electron chi connectivity index (χ0n) is 35.0. The molecule has 1 heterocycles. The number of carboxylic acids is 2. The summed E-state index contributed by atoms with van der Waals surface area (Å²) in [6.45, 7) is 9.98. The molecule has 0 saturated carbocycles. The highest BCUT2D eigenvalue weighted by Crippen LogP contribution is 2.07. The first-order valence-electron chi connectivity index (χ1n) is 19.2. The summed E-state index contributed by atoms with van der Waals surface area (Å²) in [5, 5.41) is 37.6. The van der Waals surface area contributed by atoms with Crippen LogP contribution >= 0.6 is 0 Å². The number of primary amides is 1. The monoisotopic (exact) mass is 866 g/mol. The lowest BCUT2D eigenvalue weighted by molar-refractivity contribution is -0.143. The molecule has 1 aromatic rings. The molecule has 25 heteroatoms. The highest BCUT2D eigenvalue weighted by atomic mass is 16.4. The Hall–Kier alpha value is -6.66. The van der Waals surface area contributed by atoms with E-state index in [4.69, 9.17) is 11.5 Å². The molecule has 9 atom stereocenters. The number of H-pyrrole nitrogens is 1. The number of aliphatic carboxylic acids is 2. The number of nitrogens with one attached hydrogen (secondary N) is 9. The van der Waals surface area contributed by atoms with Crippen LogP contribution in [0.1, 0.15) is 79.8 Å². The lowest BCUT2D eigenvalue weighted by Gasteiger charge is -2.26. The normalized spacial score (nSPS) is 15.4. The van der Waals surface area contributed by atoms with Crippen LogP contribution in [-0.4, -0.2) is 140 Å². The van der Waals surface area contributed by atoms with Gasteiger partial charge in [-0.15, -0.1) is 0 Å². The Kier molecular flexibility index (Phi) is 21.5. The van der Waals surface area contributed by atoms with Crippen molar-refractivity contribution in [2.75, 3.05) is 0 Å². The summed E-state index contributed by atoms with van der Waals surface area (Å²) in [4.78, 5) is 145. The van der Waals surface area contributed by atoms with Gasteiger partial charge in [0.05, 0.1) is 18.8 Å². The van der Waals surface area contributed by atoms with Crippen molar-refractivity contribution in [3.05, 3.63) is 18.2 Å². The maximum atomic E-state index is 13.5. The lowest BCUT2D eigenvalue weighted by Crippen LogP contribution is -2.60. The molecule has 0 aliphatic rings. The van der Waals surface area contributed by atoms with Gasteiger partial charge >= 0.3 is 11.9 Å². The number of carboxylic acid groups (broad SMARTS) is 2. The number of carbonyl (C=O) groups excluding carboxylic acids is 9. The van der Waals surface area contributed by atoms with Gasteiger partial charge in [-0.1, -0.05) is 13.8 Å². The largest absolute Gasteiger partial charge is 0.481 e. The minimum Gasteiger partial charge on any atom is -0.481 e. The van der Waals surface area contributed by atoms with E-state index >= 15 is 0 Å². The molecule has 61 heavy (non-hydrogen) atoms. The first kappa shape index (κ1) is 52.4. The van der Waals surface area contributed by atoms with E-state index in [1.165, 1.54) is 47.1 Å². The molecule has 0 radical (unpaired) electrons. The Morgan fingerprint density at radius 1 is 0.590 bits per heavy atom. The predicted octanol–water partition coefficient (Wildman–Crippen LogP) is -4.87. The Labute approximate surface area is 350 Å². The van der Waals surface area contributed by atoms with Gasteiger partial charge in [0.25, 0.3) is 0 Å². The number of hydrogen-bond donors (Lipinski definition) is 13. The molecule has 0 saturated heterocycles. The maximum Gasteiger partial charge on any atom is 0.326 e. The van der Waals surface area contributed by atoms with Crippen LogP contribution in [0, 0.1) is 5.92 Å². The Bertz CT molecular complexity index is 1750. The first-order chi connectivity index (χ1) is 28.3. The SMILES string of the molecule is CC(C)C[C@H](NC(=O)[C@H](C)NC(=O)[C@H](CC(=O)O)NC(=O)[C@H](CCC(N)=O)NC(=O)[C@H](C)NC(=O)[C@H](Cc1cnc[nH]1)NC(=O)[C@H](C)NC(=O)[C@H](C)NC(=O)[C@H](C)N)C(=O)O. The topological polar surface area (TPSA) is 405 Å². The number of imidazole rings is 1. The second-order valence-corrected chi connectivity index (χ2v) is 14.8. The quantitative estimate of drug-likeness (QED) is 0.0415. The molecule has 0 aliphatic heterocycles. The summed E-state index contributed by atoms with van der Waals surface area (Å²) in [6, 6.07) is -12.2. The molecule has 1 rings (SSSR count). The van der Waals surface area contributed by atoms with Crippen LogP contribution in [0.3, 0.4) is 0 Å². The van der Waals surface area contributed by atoms with E-state index < -0.39 is 139 Å². The first-order valence-corrected chi connectivity index (χ1v) is 19.2. The molecule has 0 fully saturated rings. The molecule has 1 aromatic heterocycles. The van der Waals surface area contributed by atoms with E-state index in [0.717, 1.165) is 0 Å². The molecule has 25 nitrogen and oxygen atoms in total. The number of aromatic amines is 1. The van der Waals surface area contributed by atoms with Crippen molar-refractivity contribution in [3.63, 3.8) is 0 Å². The highest BCUT2D eigenvalue weighted by molar-refractivity contribution is 5.98. The molecule has 9 amide bonds. The second-order valence-electron chi connectivity index (χ2n) is 14.8. The molecule has 0 aliphatic carbocycles. The number of nitrogens with two attached hydrogens (primary N) is 2. The third-order valence-corrected chi connectivity index (χ3v) is 8.68. The van der Waals surface area contributed by atoms with Gasteiger partial charge < -0.3 is 69.2 Å². The number of rotatable bonds is 26. The standard InChI is InChI=1S/C36H58N12O13/c1-15(2)10-25(36(60)61)48-32(56)20(7)44-35(59)24(12-27(50)51)47-33(57)22(8-9-26(38)49)45-30(54)19(6)43-34(58)23(11-21-13-39-14-40-21)46-31(55)18(5)42-29(53)17(4)41-28(52)16(3)37/h13-20,22-25H,8-12,37H2,1-7H3,(H2,38,49)(H,39,40)(H,41,52)(H,42,53)(H,43,58)(H,44,59)(H,45,54)(H,46,55)(H,47,57)(H,48,56)(H,50,51)(H,60,61)/t16-,17-,18-,19-,20-,22-,23-,24-,25-/m0/s1. The van der Waals surface area contributed by atoms with Crippen LogP contribution in [-0.2, 0) is 59.2 Å². The Balaban J connectivity index is 3.14. The average molecular weight is 867 g/mol. The van der Waals surface area contributed by atoms with Crippen molar-refractivity contribution in [2.45, 2.75) is 135 Å². The van der Waals surface area contributed by atoms with E-state index in [0.29, 0.717) is 5.69 Å². The van der Waals surface area contributed by atoms with Crippen LogP contribution in [0.2, 0.25) is 0 Å². The smallest absolute Gasteiger partial charge is 0.326 e. The van der Waals surface area contributed by atoms with Gasteiger partial charge in [-0.3, -0.25) is 47.9 Å². The number of carbonyl (C=O) groups is 11. The van der Waals surface area contributed by atoms with Crippen molar-refractivity contribution in [1.29, 1.82) is 0 Å². The van der Waals surface area contributed by atoms with Crippen LogP contribution in [0.15, 0.2) is 12.5 Å². The molecule has 0 bridgehead atoms. The van der Waals surface area contributed by atoms with Gasteiger partial charge in [-0.25, -0.2) is 9.78 Å². The minimum absolute atomic E-state index is 0.0714. The summed E-state index contributed by atoms with van der Waals surface area (Å²) in [5.74, 6) is -11.2. The van der Waals surface area contributed by atoms with Gasteiger partial charge in [-0.2, -0.15) is 0 Å². The van der Waals surface area contributed by atoms with E-state index in [1.807, 2.05) is 0 Å². The summed E-state index contributed by atoms with van der Waals surface area (Å²) in [5.41, 5.74) is 11.1. The summed E-state index contributed by atoms with van der Waals surface area (Å²) >= 11 is 0. The van der Waals surface area contributed by atoms with E-state index in [9.17, 15) is 63.0 Å². The number of hydrogen-bond acceptors (Lipinski definition) is 13. The molecule has 0 spiro atoms. The van der Waals surface area contributed by atoms with E-state index in [-0.39, 0.29) is 18.8 Å². The van der Waals surface area contributed by atoms with Crippen molar-refractivity contribution < 1.29 is 63.0 Å². The molecule has 0 aromatic carbocycles. The van der Waals surface area contributed by atoms with Crippen molar-refractivity contribution in [3.8, 4) is 0 Å². The van der Waals surface area contributed by atoms with Crippen LogP contribution in [0.5, 0.6) is 0 Å². The van der Waals surface area contributed by atoms with Crippen molar-refractivity contribution in [1.82, 2.24) is 52.5 Å². The van der Waals surface area contributed by atoms with Gasteiger partial charge in [0.2, 0.25) is 53.2 Å². The zero-order chi connectivity index (χ0) is 46.7. The van der Waals surface area contributed by atoms with Crippen LogP contribution in [0.4, 0.5) is 0 Å². The van der Waals surface area contributed by atoms with Gasteiger partial charge in [0, 0.05) is 24.7 Å². The third-order valence-electron chi connectivity index (χ3n) is 8.68. The van der Waals surface area contributed by atoms with Crippen LogP contribution in [0.25, 0.3) is 0 Å². The summed E-state index contributed by atoms with van der Waals surface area (Å²) in [6.07, 6.45) is 0.648. The fraction of sp³-hybridized carbons (Fsp3) is 0.611. The molecule has 15 N–H and O–H groups in total. The summed E-state index contributed by atoms with van der Waals surface area (Å²) < 4.78 is 0. The van der Waals surface area contributed by atoms with Gasteiger partial charge in [0.15, 0.2) is 0 Å². The Morgan fingerprint density at radius 2 is 1.00 bits per heavy atom. The van der Waals surface area contributed by atoms with Crippen molar-refractivity contribution >= 4 is 65.1 Å². The summed E-state index contributed by atoms with van der Waals surface area (Å²) in [7, 11) is 0.